The Labute approximate surface area is 149 Å². The van der Waals surface area contributed by atoms with Crippen molar-refractivity contribution >= 4 is 24.4 Å². The lowest BCUT2D eigenvalue weighted by atomic mass is 9.96. The van der Waals surface area contributed by atoms with Crippen LogP contribution >= 0.6 is 12.4 Å². The highest BCUT2D eigenvalue weighted by Gasteiger charge is 2.20. The summed E-state index contributed by atoms with van der Waals surface area (Å²) in [6, 6.07) is 5.68. The Morgan fingerprint density at radius 1 is 1.46 bits per heavy atom. The van der Waals surface area contributed by atoms with Crippen molar-refractivity contribution in [3.8, 4) is 11.5 Å². The van der Waals surface area contributed by atoms with Crippen LogP contribution < -0.4 is 20.1 Å². The minimum absolute atomic E-state index is 0. The molecule has 6 heteroatoms. The highest BCUT2D eigenvalue weighted by Crippen LogP contribution is 2.35. The zero-order chi connectivity index (χ0) is 16.1. The van der Waals surface area contributed by atoms with E-state index in [9.17, 15) is 4.79 Å². The van der Waals surface area contributed by atoms with E-state index in [1.54, 1.807) is 7.11 Å². The number of ether oxygens (including phenoxy) is 2. The Kier molecular flexibility index (Phi) is 6.94. The molecule has 2 N–H and O–H groups in total. The number of nitrogens with one attached hydrogen (secondary N) is 2. The number of carbonyl (C=O) groups is 1. The fourth-order valence-corrected chi connectivity index (χ4v) is 3.15. The summed E-state index contributed by atoms with van der Waals surface area (Å²) in [6.07, 6.45) is 5.40. The quantitative estimate of drug-likeness (QED) is 0.854. The zero-order valence-electron chi connectivity index (χ0n) is 14.0. The summed E-state index contributed by atoms with van der Waals surface area (Å²) in [5, 5.41) is 6.42. The average Bonchev–Trinajstić information content (AvgIpc) is 2.61. The first-order chi connectivity index (χ1) is 11.3. The van der Waals surface area contributed by atoms with E-state index in [4.69, 9.17) is 9.47 Å². The molecule has 1 unspecified atom stereocenters. The number of fused-ring (bicyclic) bond motifs is 1. The molecule has 1 aromatic carbocycles. The molecule has 0 aromatic heterocycles. The number of halogens is 1. The molecule has 1 fully saturated rings. The van der Waals surface area contributed by atoms with Crippen molar-refractivity contribution in [1.29, 1.82) is 0 Å². The molecule has 1 aromatic rings. The van der Waals surface area contributed by atoms with Crippen LogP contribution in [0.5, 0.6) is 11.5 Å². The van der Waals surface area contributed by atoms with E-state index < -0.39 is 0 Å². The van der Waals surface area contributed by atoms with E-state index in [2.05, 4.69) is 10.6 Å². The largest absolute Gasteiger partial charge is 0.493 e. The molecule has 0 saturated carbocycles. The van der Waals surface area contributed by atoms with Gasteiger partial charge in [-0.1, -0.05) is 12.1 Å². The molecule has 0 radical (unpaired) electrons. The van der Waals surface area contributed by atoms with Gasteiger partial charge in [-0.2, -0.15) is 0 Å². The minimum atomic E-state index is -0.0396. The number of carbonyl (C=O) groups excluding carboxylic acids is 1. The van der Waals surface area contributed by atoms with E-state index in [0.717, 1.165) is 25.1 Å². The van der Waals surface area contributed by atoms with Crippen molar-refractivity contribution in [3.05, 3.63) is 29.3 Å². The molecule has 1 atom stereocenters. The number of amides is 1. The second kappa shape index (κ2) is 8.94. The highest BCUT2D eigenvalue weighted by molar-refractivity contribution is 5.99. The number of hydrogen-bond donors (Lipinski definition) is 2. The fraction of sp³-hybridized carbons (Fsp3) is 0.500. The Balaban J connectivity index is 0.00000208. The van der Waals surface area contributed by atoms with Crippen LogP contribution in [-0.2, 0) is 4.79 Å². The Morgan fingerprint density at radius 2 is 2.33 bits per heavy atom. The third-order valence-electron chi connectivity index (χ3n) is 4.46. The van der Waals surface area contributed by atoms with Crippen LogP contribution in [0.1, 0.15) is 24.8 Å². The maximum Gasteiger partial charge on any atom is 0.250 e. The van der Waals surface area contributed by atoms with Crippen LogP contribution in [-0.4, -0.2) is 39.3 Å². The lowest BCUT2D eigenvalue weighted by molar-refractivity contribution is -0.117. The molecule has 2 aliphatic heterocycles. The first-order valence-corrected chi connectivity index (χ1v) is 8.27. The topological polar surface area (TPSA) is 59.6 Å². The number of para-hydroxylation sites is 1. The number of benzene rings is 1. The molecule has 1 amide bonds. The third-order valence-corrected chi connectivity index (χ3v) is 4.46. The smallest absolute Gasteiger partial charge is 0.250 e. The van der Waals surface area contributed by atoms with Gasteiger partial charge in [0, 0.05) is 12.1 Å². The summed E-state index contributed by atoms with van der Waals surface area (Å²) < 4.78 is 11.0. The maximum atomic E-state index is 12.3. The van der Waals surface area contributed by atoms with E-state index in [0.29, 0.717) is 29.5 Å². The summed E-state index contributed by atoms with van der Waals surface area (Å²) in [4.78, 5) is 12.3. The molecule has 132 valence electrons. The lowest BCUT2D eigenvalue weighted by Crippen LogP contribution is -2.34. The summed E-state index contributed by atoms with van der Waals surface area (Å²) >= 11 is 0. The number of methoxy groups -OCH3 is 1. The normalized spacial score (nSPS) is 19.2. The van der Waals surface area contributed by atoms with Gasteiger partial charge in [0.25, 0.3) is 5.91 Å². The summed E-state index contributed by atoms with van der Waals surface area (Å²) in [7, 11) is 1.62. The van der Waals surface area contributed by atoms with Gasteiger partial charge in [-0.05, 0) is 50.4 Å². The number of hydrogen-bond acceptors (Lipinski definition) is 4. The zero-order valence-corrected chi connectivity index (χ0v) is 14.8. The van der Waals surface area contributed by atoms with Crippen molar-refractivity contribution in [2.45, 2.75) is 19.3 Å². The van der Waals surface area contributed by atoms with E-state index >= 15 is 0 Å². The van der Waals surface area contributed by atoms with E-state index in [-0.39, 0.29) is 24.9 Å². The molecule has 0 bridgehead atoms. The van der Waals surface area contributed by atoms with Crippen LogP contribution in [0.15, 0.2) is 23.8 Å². The standard InChI is InChI=1S/C18H24N2O3.ClH/c1-22-16-6-2-5-14-10-15(12-23-17(14)16)18(21)20-9-7-13-4-3-8-19-11-13;/h2,5-6,10,13,19H,3-4,7-9,11-12H2,1H3,(H,20,21);1H. The first-order valence-electron chi connectivity index (χ1n) is 8.27. The monoisotopic (exact) mass is 352 g/mol. The molecule has 1 saturated heterocycles. The molecule has 0 aliphatic carbocycles. The first kappa shape index (κ1) is 18.6. The van der Waals surface area contributed by atoms with Gasteiger partial charge < -0.3 is 20.1 Å². The van der Waals surface area contributed by atoms with Gasteiger partial charge in [-0.15, -0.1) is 12.4 Å². The van der Waals surface area contributed by atoms with Gasteiger partial charge in [0.05, 0.1) is 12.7 Å². The van der Waals surface area contributed by atoms with Crippen LogP contribution in [0.25, 0.3) is 6.08 Å². The summed E-state index contributed by atoms with van der Waals surface area (Å²) in [6.45, 7) is 3.18. The Bertz CT molecular complexity index is 598. The molecule has 5 nitrogen and oxygen atoms in total. The fourth-order valence-electron chi connectivity index (χ4n) is 3.15. The summed E-state index contributed by atoms with van der Waals surface area (Å²) in [5.74, 6) is 2.04. The van der Waals surface area contributed by atoms with Crippen molar-refractivity contribution < 1.29 is 14.3 Å². The third kappa shape index (κ3) is 4.42. The molecule has 24 heavy (non-hydrogen) atoms. The minimum Gasteiger partial charge on any atom is -0.493 e. The number of rotatable bonds is 5. The number of piperidine rings is 1. The van der Waals surface area contributed by atoms with Crippen LogP contribution in [0, 0.1) is 5.92 Å². The van der Waals surface area contributed by atoms with Crippen molar-refractivity contribution in [1.82, 2.24) is 10.6 Å². The van der Waals surface area contributed by atoms with Gasteiger partial charge >= 0.3 is 0 Å². The maximum absolute atomic E-state index is 12.3. The molecule has 0 spiro atoms. The van der Waals surface area contributed by atoms with E-state index in [1.807, 2.05) is 24.3 Å². The predicted octanol–water partition coefficient (Wildman–Crippen LogP) is 2.40. The molecular formula is C18H25ClN2O3. The van der Waals surface area contributed by atoms with Gasteiger partial charge in [-0.25, -0.2) is 0 Å². The second-order valence-electron chi connectivity index (χ2n) is 6.09. The van der Waals surface area contributed by atoms with Crippen LogP contribution in [0.2, 0.25) is 0 Å². The van der Waals surface area contributed by atoms with Gasteiger partial charge in [-0.3, -0.25) is 4.79 Å². The Morgan fingerprint density at radius 3 is 3.08 bits per heavy atom. The predicted molar refractivity (Wildman–Crippen MR) is 96.9 cm³/mol. The van der Waals surface area contributed by atoms with E-state index in [1.165, 1.54) is 12.8 Å². The van der Waals surface area contributed by atoms with Gasteiger partial charge in [0.2, 0.25) is 0 Å². The molecule has 3 rings (SSSR count). The van der Waals surface area contributed by atoms with Crippen molar-refractivity contribution in [2.75, 3.05) is 33.4 Å². The lowest BCUT2D eigenvalue weighted by Gasteiger charge is -2.23. The van der Waals surface area contributed by atoms with Crippen molar-refractivity contribution in [3.63, 3.8) is 0 Å². The van der Waals surface area contributed by atoms with Gasteiger partial charge in [0.15, 0.2) is 11.5 Å². The van der Waals surface area contributed by atoms with Crippen LogP contribution in [0.3, 0.4) is 0 Å². The van der Waals surface area contributed by atoms with Crippen LogP contribution in [0.4, 0.5) is 0 Å². The molecule has 2 aliphatic rings. The molecule has 2 heterocycles. The van der Waals surface area contributed by atoms with Gasteiger partial charge in [0.1, 0.15) is 6.61 Å². The highest BCUT2D eigenvalue weighted by atomic mass is 35.5. The Hall–Kier alpha value is -1.72. The SMILES string of the molecule is COc1cccc2c1OCC(C(=O)NCCC1CCCNC1)=C2.Cl. The van der Waals surface area contributed by atoms with Crippen molar-refractivity contribution in [2.24, 2.45) is 5.92 Å². The second-order valence-corrected chi connectivity index (χ2v) is 6.09. The summed E-state index contributed by atoms with van der Waals surface area (Å²) in [5.41, 5.74) is 1.55. The average molecular weight is 353 g/mol. The molecular weight excluding hydrogens is 328 g/mol.